The molecule has 2 rings (SSSR count). The Hall–Kier alpha value is -3.21. The summed E-state index contributed by atoms with van der Waals surface area (Å²) in [4.78, 5) is 21.8. The molecule has 142 valence electrons. The largest absolute Gasteiger partial charge is 0.478 e. The van der Waals surface area contributed by atoms with Gasteiger partial charge in [-0.3, -0.25) is 0 Å². The summed E-state index contributed by atoms with van der Waals surface area (Å²) in [6, 6.07) is 9.94. The molecule has 0 amide bonds. The highest BCUT2D eigenvalue weighted by Crippen LogP contribution is 2.22. The van der Waals surface area contributed by atoms with E-state index in [2.05, 4.69) is 16.5 Å². The van der Waals surface area contributed by atoms with Gasteiger partial charge >= 0.3 is 5.97 Å². The van der Waals surface area contributed by atoms with Crippen LogP contribution >= 0.6 is 0 Å². The van der Waals surface area contributed by atoms with Gasteiger partial charge in [0.1, 0.15) is 0 Å². The minimum absolute atomic E-state index is 0.00905. The molecule has 1 aromatic carbocycles. The van der Waals surface area contributed by atoms with Gasteiger partial charge in [0.25, 0.3) is 0 Å². The van der Waals surface area contributed by atoms with E-state index < -0.39 is 5.97 Å². The Bertz CT molecular complexity index is 835. The molecule has 5 nitrogen and oxygen atoms in total. The molecule has 0 atom stereocenters. The summed E-state index contributed by atoms with van der Waals surface area (Å²) in [6.07, 6.45) is 6.63. The number of carboxylic acids is 1. The van der Waals surface area contributed by atoms with Crippen molar-refractivity contribution < 1.29 is 9.90 Å². The Morgan fingerprint density at radius 3 is 2.26 bits per heavy atom. The summed E-state index contributed by atoms with van der Waals surface area (Å²) < 4.78 is 0. The van der Waals surface area contributed by atoms with Gasteiger partial charge in [0, 0.05) is 37.1 Å². The monoisotopic (exact) mass is 365 g/mol. The fourth-order valence-corrected chi connectivity index (χ4v) is 2.15. The molecule has 0 saturated heterocycles. The van der Waals surface area contributed by atoms with E-state index in [1.54, 1.807) is 12.3 Å². The topological polar surface area (TPSA) is 66.3 Å². The van der Waals surface area contributed by atoms with Crippen molar-refractivity contribution >= 4 is 17.2 Å². The highest BCUT2D eigenvalue weighted by molar-refractivity contribution is 5.90. The van der Waals surface area contributed by atoms with E-state index in [1.165, 1.54) is 6.08 Å². The van der Waals surface area contributed by atoms with Crippen molar-refractivity contribution in [2.24, 2.45) is 0 Å². The smallest absolute Gasteiger partial charge is 0.335 e. The van der Waals surface area contributed by atoms with Gasteiger partial charge in [-0.25, -0.2) is 14.8 Å². The normalized spacial score (nSPS) is 10.9. The molecule has 0 bridgehead atoms. The highest BCUT2D eigenvalue weighted by atomic mass is 16.4. The van der Waals surface area contributed by atoms with Crippen molar-refractivity contribution in [2.75, 3.05) is 19.0 Å². The van der Waals surface area contributed by atoms with Crippen molar-refractivity contribution in [3.63, 3.8) is 0 Å². The molecule has 0 aliphatic heterocycles. The van der Waals surface area contributed by atoms with Crippen molar-refractivity contribution in [1.29, 1.82) is 0 Å². The first-order chi connectivity index (χ1) is 12.9. The van der Waals surface area contributed by atoms with Crippen LogP contribution in [0.5, 0.6) is 0 Å². The Labute approximate surface area is 161 Å². The Kier molecular flexibility index (Phi) is 8.66. The summed E-state index contributed by atoms with van der Waals surface area (Å²) in [5.41, 5.74) is 3.65. The lowest BCUT2D eigenvalue weighted by Crippen LogP contribution is -2.08. The van der Waals surface area contributed by atoms with E-state index in [0.29, 0.717) is 5.82 Å². The summed E-state index contributed by atoms with van der Waals surface area (Å²) >= 11 is 0. The van der Waals surface area contributed by atoms with Crippen LogP contribution in [0.4, 0.5) is 5.69 Å². The number of anilines is 1. The van der Waals surface area contributed by atoms with Gasteiger partial charge in [0.05, 0.1) is 11.3 Å². The second-order valence-electron chi connectivity index (χ2n) is 5.61. The van der Waals surface area contributed by atoms with Gasteiger partial charge in [-0.2, -0.15) is 0 Å². The van der Waals surface area contributed by atoms with Gasteiger partial charge in [0.2, 0.25) is 0 Å². The average Bonchev–Trinajstić information content (AvgIpc) is 2.70. The van der Waals surface area contributed by atoms with Crippen LogP contribution < -0.4 is 4.90 Å². The second kappa shape index (κ2) is 10.7. The number of benzene rings is 1. The molecule has 2 aromatic rings. The number of allylic oxidation sites excluding steroid dienone is 3. The molecular weight excluding hydrogens is 338 g/mol. The third-order valence-electron chi connectivity index (χ3n) is 3.64. The van der Waals surface area contributed by atoms with E-state index in [9.17, 15) is 4.79 Å². The van der Waals surface area contributed by atoms with Crippen LogP contribution in [0, 0.1) is 0 Å². The van der Waals surface area contributed by atoms with Gasteiger partial charge in [0.15, 0.2) is 5.82 Å². The fourth-order valence-electron chi connectivity index (χ4n) is 2.15. The van der Waals surface area contributed by atoms with E-state index in [1.807, 2.05) is 76.2 Å². The number of carbonyl (C=O) groups is 1. The summed E-state index contributed by atoms with van der Waals surface area (Å²) in [5, 5.41) is 8.89. The third kappa shape index (κ3) is 6.22. The van der Waals surface area contributed by atoms with Crippen LogP contribution in [0.25, 0.3) is 16.8 Å². The lowest BCUT2D eigenvalue weighted by Gasteiger charge is -2.12. The Balaban J connectivity index is 0.00000176. The predicted octanol–water partition coefficient (Wildman–Crippen LogP) is 4.84. The van der Waals surface area contributed by atoms with E-state index in [4.69, 9.17) is 5.11 Å². The fraction of sp³-hybridized carbons (Fsp3) is 0.227. The number of nitrogens with zero attached hydrogens (tertiary/aromatic N) is 3. The number of aromatic nitrogens is 2. The second-order valence-corrected chi connectivity index (χ2v) is 5.61. The first-order valence-electron chi connectivity index (χ1n) is 8.80. The quantitative estimate of drug-likeness (QED) is 0.586. The van der Waals surface area contributed by atoms with E-state index in [-0.39, 0.29) is 5.57 Å². The number of hydrogen-bond acceptors (Lipinski definition) is 4. The Morgan fingerprint density at radius 1 is 1.11 bits per heavy atom. The highest BCUT2D eigenvalue weighted by Gasteiger charge is 2.06. The minimum atomic E-state index is -1.05. The number of aliphatic carboxylic acids is 1. The van der Waals surface area contributed by atoms with Crippen LogP contribution in [0.15, 0.2) is 66.9 Å². The zero-order valence-electron chi connectivity index (χ0n) is 16.6. The van der Waals surface area contributed by atoms with E-state index >= 15 is 0 Å². The molecular formula is C22H27N3O2. The maximum absolute atomic E-state index is 10.8. The van der Waals surface area contributed by atoms with Crippen molar-refractivity contribution in [3.05, 3.63) is 72.7 Å². The molecule has 0 aliphatic rings. The van der Waals surface area contributed by atoms with Crippen molar-refractivity contribution in [1.82, 2.24) is 9.97 Å². The summed E-state index contributed by atoms with van der Waals surface area (Å²) in [7, 11) is 3.99. The van der Waals surface area contributed by atoms with Crippen molar-refractivity contribution in [3.8, 4) is 11.3 Å². The average molecular weight is 365 g/mol. The minimum Gasteiger partial charge on any atom is -0.478 e. The molecule has 0 spiro atoms. The lowest BCUT2D eigenvalue weighted by molar-refractivity contribution is -0.132. The first-order valence-corrected chi connectivity index (χ1v) is 8.80. The van der Waals surface area contributed by atoms with Gasteiger partial charge in [-0.1, -0.05) is 44.7 Å². The third-order valence-corrected chi connectivity index (χ3v) is 3.64. The lowest BCUT2D eigenvalue weighted by atomic mass is 10.1. The molecule has 5 heteroatoms. The van der Waals surface area contributed by atoms with Gasteiger partial charge in [-0.15, -0.1) is 0 Å². The van der Waals surface area contributed by atoms with E-state index in [0.717, 1.165) is 22.5 Å². The molecule has 0 unspecified atom stereocenters. The van der Waals surface area contributed by atoms with Gasteiger partial charge < -0.3 is 10.0 Å². The summed E-state index contributed by atoms with van der Waals surface area (Å²) in [5.74, 6) is -0.520. The molecule has 0 radical (unpaired) electrons. The predicted molar refractivity (Wildman–Crippen MR) is 113 cm³/mol. The van der Waals surface area contributed by atoms with Crippen LogP contribution in [0.2, 0.25) is 0 Å². The molecule has 1 aromatic heterocycles. The molecule has 1 N–H and O–H groups in total. The molecule has 27 heavy (non-hydrogen) atoms. The molecule has 0 fully saturated rings. The van der Waals surface area contributed by atoms with Crippen LogP contribution in [0.1, 0.15) is 26.6 Å². The van der Waals surface area contributed by atoms with Crippen molar-refractivity contribution in [2.45, 2.75) is 20.8 Å². The molecule has 0 aliphatic carbocycles. The molecule has 0 saturated carbocycles. The van der Waals surface area contributed by atoms with Gasteiger partial charge in [-0.05, 0) is 31.2 Å². The van der Waals surface area contributed by atoms with Crippen LogP contribution in [-0.4, -0.2) is 35.1 Å². The Morgan fingerprint density at radius 2 is 1.74 bits per heavy atom. The van der Waals surface area contributed by atoms with Crippen LogP contribution in [0.3, 0.4) is 0 Å². The zero-order valence-corrected chi connectivity index (χ0v) is 16.6. The maximum Gasteiger partial charge on any atom is 0.335 e. The molecule has 1 heterocycles. The first kappa shape index (κ1) is 21.8. The number of hydrogen-bond donors (Lipinski definition) is 1. The van der Waals surface area contributed by atoms with Crippen LogP contribution in [-0.2, 0) is 4.79 Å². The maximum atomic E-state index is 10.8. The zero-order chi connectivity index (χ0) is 20.4. The number of carboxylic acid groups (broad SMARTS) is 1. The SMILES string of the molecule is C=C(/C=C\C(=C/C)c1nccc(-c2ccc(N(C)C)cc2)n1)C(=O)O.CC. The standard InChI is InChI=1S/C20H21N3O2.C2H6/c1-5-15(7-6-14(2)20(24)25)19-21-13-12-18(22-19)16-8-10-17(11-9-16)23(3)4;1-2/h5-13H,2H2,1,3-4H3,(H,24,25);1-2H3/b7-6-,15-5+;. The number of rotatable bonds is 6. The summed E-state index contributed by atoms with van der Waals surface area (Å²) in [6.45, 7) is 9.34.